The van der Waals surface area contributed by atoms with Crippen molar-refractivity contribution in [3.05, 3.63) is 23.8 Å². The van der Waals surface area contributed by atoms with Gasteiger partial charge in [0.15, 0.2) is 11.4 Å². The van der Waals surface area contributed by atoms with E-state index in [0.717, 1.165) is 19.3 Å². The summed E-state index contributed by atoms with van der Waals surface area (Å²) in [7, 11) is 0. The molecule has 0 radical (unpaired) electrons. The molecule has 5 rings (SSSR count). The van der Waals surface area contributed by atoms with Gasteiger partial charge in [-0.2, -0.15) is 0 Å². The molecule has 1 aliphatic heterocycles. The Morgan fingerprint density at radius 3 is 2.79 bits per heavy atom. The summed E-state index contributed by atoms with van der Waals surface area (Å²) in [5, 5.41) is 10.4. The van der Waals surface area contributed by atoms with E-state index in [2.05, 4.69) is 19.9 Å². The van der Waals surface area contributed by atoms with Crippen molar-refractivity contribution in [1.29, 1.82) is 0 Å². The Morgan fingerprint density at radius 2 is 2.10 bits per heavy atom. The third-order valence-electron chi connectivity index (χ3n) is 8.98. The molecule has 5 aliphatic rings. The monoisotopic (exact) mass is 416 g/mol. The van der Waals surface area contributed by atoms with Crippen LogP contribution < -0.4 is 0 Å². The zero-order valence-corrected chi connectivity index (χ0v) is 18.0. The number of rotatable bonds is 3. The molecule has 4 fully saturated rings. The van der Waals surface area contributed by atoms with Crippen LogP contribution in [0.15, 0.2) is 23.8 Å². The van der Waals surface area contributed by atoms with E-state index in [1.807, 2.05) is 0 Å². The van der Waals surface area contributed by atoms with E-state index in [-0.39, 0.29) is 52.2 Å². The Kier molecular flexibility index (Phi) is 3.88. The molecule has 5 nitrogen and oxygen atoms in total. The lowest BCUT2D eigenvalue weighted by Gasteiger charge is -2.55. The van der Waals surface area contributed by atoms with Crippen molar-refractivity contribution in [2.45, 2.75) is 76.6 Å². The molecule has 0 unspecified atom stereocenters. The van der Waals surface area contributed by atoms with Gasteiger partial charge in [0.05, 0.1) is 6.10 Å². The lowest BCUT2D eigenvalue weighted by Crippen LogP contribution is -2.62. The van der Waals surface area contributed by atoms with Gasteiger partial charge in [-0.3, -0.25) is 9.59 Å². The standard InChI is InChI=1S/C23H28O5S/c1-4-18(25)28-22(19(26)29)10-8-15-16-6-5-13-11-14(24)7-9-20(13,2)23(16)17(27-23)12-21(15,22)3/h7,9,11,15-17H,4-6,8,10,12H2,1-3H3,(H,26,29)/t15-,16-,17-,20-,21-,22-,23+/m0/s1. The summed E-state index contributed by atoms with van der Waals surface area (Å²) < 4.78 is 12.4. The highest BCUT2D eigenvalue weighted by molar-refractivity contribution is 7.80. The second kappa shape index (κ2) is 5.79. The van der Waals surface area contributed by atoms with Crippen LogP contribution in [0.4, 0.5) is 0 Å². The molecule has 7 atom stereocenters. The van der Waals surface area contributed by atoms with Crippen LogP contribution in [0.5, 0.6) is 0 Å². The molecule has 0 aromatic carbocycles. The number of carbonyl (C=O) groups excluding carboxylic acids is 2. The number of ketones is 1. The third-order valence-corrected chi connectivity index (χ3v) is 9.31. The molecule has 0 aromatic heterocycles. The molecule has 3 saturated carbocycles. The van der Waals surface area contributed by atoms with E-state index < -0.39 is 11.0 Å². The molecule has 0 aromatic rings. The number of esters is 1. The summed E-state index contributed by atoms with van der Waals surface area (Å²) >= 11 is 5.28. The number of hydrogen-bond donors (Lipinski definition) is 1. The first-order valence-electron chi connectivity index (χ1n) is 10.7. The first-order chi connectivity index (χ1) is 13.6. The van der Waals surface area contributed by atoms with Gasteiger partial charge < -0.3 is 14.6 Å². The maximum atomic E-state index is 12.3. The Bertz CT molecular complexity index is 892. The maximum Gasteiger partial charge on any atom is 0.306 e. The van der Waals surface area contributed by atoms with E-state index in [1.165, 1.54) is 5.57 Å². The van der Waals surface area contributed by atoms with Crippen LogP contribution in [0, 0.1) is 22.7 Å². The molecule has 1 spiro atoms. The largest absolute Gasteiger partial charge is 0.499 e. The molecule has 1 heterocycles. The molecule has 4 aliphatic carbocycles. The van der Waals surface area contributed by atoms with Crippen molar-refractivity contribution < 1.29 is 24.2 Å². The summed E-state index contributed by atoms with van der Waals surface area (Å²) in [5.74, 6) is 0.247. The van der Waals surface area contributed by atoms with Crippen LogP contribution in [0.3, 0.4) is 0 Å². The zero-order valence-electron chi connectivity index (χ0n) is 17.2. The first-order valence-corrected chi connectivity index (χ1v) is 11.1. The Balaban J connectivity index is 1.57. The fourth-order valence-corrected chi connectivity index (χ4v) is 7.84. The normalized spacial score (nSPS) is 49.3. The number of aliphatic hydroxyl groups excluding tert-OH is 1. The number of hydrogen-bond acceptors (Lipinski definition) is 5. The number of fused-ring (bicyclic) bond motifs is 3. The molecular formula is C23H28O5S. The number of ether oxygens (including phenoxy) is 2. The van der Waals surface area contributed by atoms with Crippen molar-refractivity contribution in [3.8, 4) is 0 Å². The molecule has 6 heteroatoms. The number of thiocarbonyl (C=S) groups is 1. The van der Waals surface area contributed by atoms with Crippen molar-refractivity contribution in [1.82, 2.24) is 0 Å². The second-order valence-electron chi connectivity index (χ2n) is 9.88. The van der Waals surface area contributed by atoms with Gasteiger partial charge in [0, 0.05) is 17.3 Å². The van der Waals surface area contributed by atoms with Gasteiger partial charge in [-0.1, -0.05) is 25.5 Å². The quantitative estimate of drug-likeness (QED) is 0.426. The number of carbonyl (C=O) groups is 2. The number of aliphatic hydroxyl groups is 1. The highest BCUT2D eigenvalue weighted by Gasteiger charge is 2.81. The van der Waals surface area contributed by atoms with Gasteiger partial charge in [-0.15, -0.1) is 0 Å². The van der Waals surface area contributed by atoms with Crippen LogP contribution in [0.2, 0.25) is 0 Å². The topological polar surface area (TPSA) is 76.1 Å². The molecule has 0 amide bonds. The molecule has 0 bridgehead atoms. The molecule has 29 heavy (non-hydrogen) atoms. The average Bonchev–Trinajstić information content (AvgIpc) is 3.31. The fourth-order valence-electron chi connectivity index (χ4n) is 7.46. The van der Waals surface area contributed by atoms with Crippen molar-refractivity contribution >= 4 is 29.0 Å². The number of epoxide rings is 1. The van der Waals surface area contributed by atoms with E-state index in [0.29, 0.717) is 12.8 Å². The van der Waals surface area contributed by atoms with Gasteiger partial charge in [-0.25, -0.2) is 0 Å². The summed E-state index contributed by atoms with van der Waals surface area (Å²) in [6.07, 6.45) is 9.68. The molecule has 1 N–H and O–H groups in total. The van der Waals surface area contributed by atoms with Gasteiger partial charge in [0.25, 0.3) is 0 Å². The van der Waals surface area contributed by atoms with Crippen molar-refractivity contribution in [2.24, 2.45) is 22.7 Å². The lowest BCUT2D eigenvalue weighted by molar-refractivity contribution is -0.167. The van der Waals surface area contributed by atoms with Crippen LogP contribution in [0.1, 0.15) is 59.3 Å². The first kappa shape index (κ1) is 19.4. The smallest absolute Gasteiger partial charge is 0.306 e. The minimum atomic E-state index is -1.12. The zero-order chi connectivity index (χ0) is 20.8. The SMILES string of the molecule is CCC(=O)O[C@]1(C(O)=S)CC[C@H]2[C@@H]3CCC4=CC(=O)C=C[C@]4(C)[C@@]34O[C@H]4C[C@@]21C. The Morgan fingerprint density at radius 1 is 1.34 bits per heavy atom. The number of allylic oxidation sites excluding steroid dienone is 2. The molecule has 1 saturated heterocycles. The summed E-state index contributed by atoms with van der Waals surface area (Å²) in [5.41, 5.74) is -0.980. The van der Waals surface area contributed by atoms with Gasteiger partial charge in [-0.05, 0) is 75.2 Å². The fraction of sp³-hybridized carbons (Fsp3) is 0.696. The second-order valence-corrected chi connectivity index (χ2v) is 10.3. The average molecular weight is 417 g/mol. The summed E-state index contributed by atoms with van der Waals surface area (Å²) in [4.78, 5) is 24.2. The predicted molar refractivity (Wildman–Crippen MR) is 110 cm³/mol. The Labute approximate surface area is 176 Å². The van der Waals surface area contributed by atoms with E-state index in [1.54, 1.807) is 19.1 Å². The maximum absolute atomic E-state index is 12.3. The highest BCUT2D eigenvalue weighted by Crippen LogP contribution is 2.76. The van der Waals surface area contributed by atoms with Crippen LogP contribution in [-0.4, -0.2) is 39.2 Å². The Hall–Kier alpha value is -1.53. The van der Waals surface area contributed by atoms with Crippen molar-refractivity contribution in [2.75, 3.05) is 0 Å². The minimum Gasteiger partial charge on any atom is -0.499 e. The third kappa shape index (κ3) is 2.12. The van der Waals surface area contributed by atoms with Crippen LogP contribution in [0.25, 0.3) is 0 Å². The minimum absolute atomic E-state index is 0.00690. The van der Waals surface area contributed by atoms with Crippen molar-refractivity contribution in [3.63, 3.8) is 0 Å². The summed E-state index contributed by atoms with van der Waals surface area (Å²) in [6.45, 7) is 6.08. The van der Waals surface area contributed by atoms with Gasteiger partial charge in [0.1, 0.15) is 5.60 Å². The summed E-state index contributed by atoms with van der Waals surface area (Å²) in [6, 6.07) is 0. The van der Waals surface area contributed by atoms with Gasteiger partial charge >= 0.3 is 5.97 Å². The van der Waals surface area contributed by atoms with Gasteiger partial charge in [0.2, 0.25) is 5.05 Å². The van der Waals surface area contributed by atoms with Crippen LogP contribution in [-0.2, 0) is 19.1 Å². The van der Waals surface area contributed by atoms with E-state index in [9.17, 15) is 14.7 Å². The molecular weight excluding hydrogens is 388 g/mol. The highest BCUT2D eigenvalue weighted by atomic mass is 32.1. The molecule has 156 valence electrons. The lowest BCUT2D eigenvalue weighted by atomic mass is 9.47. The van der Waals surface area contributed by atoms with Crippen LogP contribution >= 0.6 is 12.2 Å². The predicted octanol–water partition coefficient (Wildman–Crippen LogP) is 4.00. The van der Waals surface area contributed by atoms with E-state index >= 15 is 0 Å². The van der Waals surface area contributed by atoms with E-state index in [4.69, 9.17) is 21.7 Å².